The number of amides is 1. The van der Waals surface area contributed by atoms with Crippen molar-refractivity contribution in [3.8, 4) is 0 Å². The summed E-state index contributed by atoms with van der Waals surface area (Å²) in [7, 11) is 1.65. The van der Waals surface area contributed by atoms with Crippen molar-refractivity contribution < 1.29 is 9.18 Å². The van der Waals surface area contributed by atoms with Crippen LogP contribution >= 0.6 is 0 Å². The smallest absolute Gasteiger partial charge is 0.235 e. The molecule has 1 aromatic carbocycles. The first-order valence-corrected chi connectivity index (χ1v) is 9.17. The van der Waals surface area contributed by atoms with Gasteiger partial charge in [-0.15, -0.1) is 0 Å². The molecule has 5 heteroatoms. The van der Waals surface area contributed by atoms with E-state index in [-0.39, 0.29) is 23.6 Å². The quantitative estimate of drug-likeness (QED) is 0.906. The second-order valence-electron chi connectivity index (χ2n) is 7.74. The Morgan fingerprint density at radius 3 is 2.73 bits per heavy atom. The van der Waals surface area contributed by atoms with Gasteiger partial charge in [0.15, 0.2) is 5.96 Å². The molecule has 0 radical (unpaired) electrons. The lowest BCUT2D eigenvalue weighted by Crippen LogP contribution is -2.55. The molecule has 1 aliphatic heterocycles. The zero-order valence-electron chi connectivity index (χ0n) is 15.2. The highest BCUT2D eigenvalue weighted by atomic mass is 19.1. The number of benzene rings is 1. The van der Waals surface area contributed by atoms with E-state index in [9.17, 15) is 9.18 Å². The van der Waals surface area contributed by atoms with Gasteiger partial charge in [-0.3, -0.25) is 9.69 Å². The maximum atomic E-state index is 13.9. The Labute approximate surface area is 153 Å². The van der Waals surface area contributed by atoms with Crippen LogP contribution in [0.1, 0.15) is 31.7 Å². The maximum Gasteiger partial charge on any atom is 0.235 e. The van der Waals surface area contributed by atoms with Crippen LogP contribution in [-0.2, 0) is 10.3 Å². The summed E-state index contributed by atoms with van der Waals surface area (Å²) in [6.07, 6.45) is 9.86. The average Bonchev–Trinajstić information content (AvgIpc) is 3.46. The van der Waals surface area contributed by atoms with Crippen LogP contribution in [0.4, 0.5) is 4.39 Å². The van der Waals surface area contributed by atoms with Crippen molar-refractivity contribution in [3.05, 3.63) is 59.4 Å². The van der Waals surface area contributed by atoms with E-state index in [0.29, 0.717) is 11.5 Å². The third-order valence-electron chi connectivity index (χ3n) is 5.94. The van der Waals surface area contributed by atoms with Crippen LogP contribution in [-0.4, -0.2) is 23.8 Å². The molecule has 26 heavy (non-hydrogen) atoms. The standard InChI is InChI=1S/C21H24FN3O/c1-21(16-4-3-5-17(22)12-16)18(19(26)25(2)20(23)24-21)15-10-8-14(9-11-15)13-6-7-13/h3-5,8-10,12-13,15,18H,6-7,11H2,1-2H3,(H2,23,24)/t15?,18-,21+/m0/s1. The molecule has 1 amide bonds. The first-order chi connectivity index (χ1) is 12.4. The Morgan fingerprint density at radius 1 is 1.35 bits per heavy atom. The summed E-state index contributed by atoms with van der Waals surface area (Å²) < 4.78 is 13.9. The molecular formula is C21H24FN3O. The number of hydrogen-bond donors (Lipinski definition) is 1. The predicted molar refractivity (Wildman–Crippen MR) is 99.7 cm³/mol. The van der Waals surface area contributed by atoms with Crippen LogP contribution in [0.2, 0.25) is 0 Å². The van der Waals surface area contributed by atoms with E-state index in [4.69, 9.17) is 5.73 Å². The Balaban J connectivity index is 1.74. The molecule has 0 bridgehead atoms. The van der Waals surface area contributed by atoms with E-state index in [0.717, 1.165) is 6.42 Å². The summed E-state index contributed by atoms with van der Waals surface area (Å²) in [5.41, 5.74) is 7.18. The molecule has 4 rings (SSSR count). The fraction of sp³-hybridized carbons (Fsp3) is 0.429. The van der Waals surface area contributed by atoms with Crippen LogP contribution in [0.3, 0.4) is 0 Å². The fourth-order valence-electron chi connectivity index (χ4n) is 4.21. The van der Waals surface area contributed by atoms with Gasteiger partial charge in [0.05, 0.1) is 11.5 Å². The monoisotopic (exact) mass is 353 g/mol. The highest BCUT2D eigenvalue weighted by Gasteiger charge is 2.49. The summed E-state index contributed by atoms with van der Waals surface area (Å²) in [5.74, 6) is 0.0551. The minimum Gasteiger partial charge on any atom is -0.369 e. The van der Waals surface area contributed by atoms with Crippen LogP contribution in [0.15, 0.2) is 53.1 Å². The molecule has 1 heterocycles. The number of rotatable bonds is 3. The molecule has 2 aliphatic carbocycles. The van der Waals surface area contributed by atoms with Gasteiger partial charge in [-0.2, -0.15) is 0 Å². The second kappa shape index (κ2) is 6.08. The third-order valence-corrected chi connectivity index (χ3v) is 5.94. The van der Waals surface area contributed by atoms with Gasteiger partial charge in [-0.05, 0) is 61.3 Å². The summed E-state index contributed by atoms with van der Waals surface area (Å²) in [4.78, 5) is 19.2. The Morgan fingerprint density at radius 2 is 2.12 bits per heavy atom. The normalized spacial score (nSPS) is 31.7. The van der Waals surface area contributed by atoms with E-state index in [1.165, 1.54) is 35.4 Å². The van der Waals surface area contributed by atoms with Crippen molar-refractivity contribution in [1.82, 2.24) is 4.90 Å². The molecule has 3 atom stereocenters. The number of hydrogen-bond acceptors (Lipinski definition) is 3. The Bertz CT molecular complexity index is 839. The number of guanidine groups is 1. The zero-order chi connectivity index (χ0) is 18.5. The van der Waals surface area contributed by atoms with Crippen molar-refractivity contribution in [2.75, 3.05) is 7.05 Å². The number of aliphatic imine (C=N–C) groups is 1. The topological polar surface area (TPSA) is 58.7 Å². The largest absolute Gasteiger partial charge is 0.369 e. The number of carbonyl (C=O) groups excluding carboxylic acids is 1. The fourth-order valence-corrected chi connectivity index (χ4v) is 4.21. The third kappa shape index (κ3) is 2.75. The molecule has 0 saturated heterocycles. The highest BCUT2D eigenvalue weighted by Crippen LogP contribution is 2.46. The molecule has 2 N–H and O–H groups in total. The van der Waals surface area contributed by atoms with Gasteiger partial charge < -0.3 is 5.73 Å². The van der Waals surface area contributed by atoms with Crippen LogP contribution < -0.4 is 5.73 Å². The Hall–Kier alpha value is -2.43. The highest BCUT2D eigenvalue weighted by molar-refractivity contribution is 6.00. The number of halogens is 1. The minimum absolute atomic E-state index is 0.0116. The maximum absolute atomic E-state index is 13.9. The first-order valence-electron chi connectivity index (χ1n) is 9.17. The van der Waals surface area contributed by atoms with Crippen LogP contribution in [0.5, 0.6) is 0 Å². The van der Waals surface area contributed by atoms with E-state index >= 15 is 0 Å². The lowest BCUT2D eigenvalue weighted by Gasteiger charge is -2.43. The molecule has 136 valence electrons. The summed E-state index contributed by atoms with van der Waals surface area (Å²) in [6, 6.07) is 6.34. The van der Waals surface area contributed by atoms with Crippen LogP contribution in [0, 0.1) is 23.6 Å². The average molecular weight is 353 g/mol. The summed E-state index contributed by atoms with van der Waals surface area (Å²) >= 11 is 0. The van der Waals surface area contributed by atoms with Gasteiger partial charge in [0.2, 0.25) is 5.91 Å². The van der Waals surface area contributed by atoms with Crippen LogP contribution in [0.25, 0.3) is 0 Å². The molecule has 3 aliphatic rings. The van der Waals surface area contributed by atoms with Crippen molar-refractivity contribution in [3.63, 3.8) is 0 Å². The van der Waals surface area contributed by atoms with Crippen molar-refractivity contribution in [2.24, 2.45) is 28.5 Å². The number of carbonyl (C=O) groups is 1. The SMILES string of the molecule is CN1C(=O)[C@H](C2C=CC(C3CC3)=CC2)[C@@](C)(c2cccc(F)c2)N=C1N. The summed E-state index contributed by atoms with van der Waals surface area (Å²) in [6.45, 7) is 1.89. The van der Waals surface area contributed by atoms with E-state index in [1.807, 2.05) is 13.0 Å². The number of nitrogens with zero attached hydrogens (tertiary/aromatic N) is 2. The molecule has 1 saturated carbocycles. The predicted octanol–water partition coefficient (Wildman–Crippen LogP) is 3.36. The summed E-state index contributed by atoms with van der Waals surface area (Å²) in [5, 5.41) is 0. The second-order valence-corrected chi connectivity index (χ2v) is 7.74. The number of nitrogens with two attached hydrogens (primary N) is 1. The van der Waals surface area contributed by atoms with Gasteiger partial charge in [-0.25, -0.2) is 9.38 Å². The van der Waals surface area contributed by atoms with Gasteiger partial charge in [-0.1, -0.05) is 30.4 Å². The first kappa shape index (κ1) is 17.0. The van der Waals surface area contributed by atoms with Gasteiger partial charge >= 0.3 is 0 Å². The van der Waals surface area contributed by atoms with E-state index in [2.05, 4.69) is 23.2 Å². The van der Waals surface area contributed by atoms with Gasteiger partial charge in [0.25, 0.3) is 0 Å². The minimum atomic E-state index is -0.893. The van der Waals surface area contributed by atoms with Gasteiger partial charge in [0, 0.05) is 7.05 Å². The molecule has 4 nitrogen and oxygen atoms in total. The lowest BCUT2D eigenvalue weighted by atomic mass is 9.69. The molecular weight excluding hydrogens is 329 g/mol. The van der Waals surface area contributed by atoms with Gasteiger partial charge in [0.1, 0.15) is 5.82 Å². The van der Waals surface area contributed by atoms with Crippen molar-refractivity contribution in [2.45, 2.75) is 31.7 Å². The lowest BCUT2D eigenvalue weighted by molar-refractivity contribution is -0.135. The van der Waals surface area contributed by atoms with Crippen molar-refractivity contribution >= 4 is 11.9 Å². The zero-order valence-corrected chi connectivity index (χ0v) is 15.2. The molecule has 1 fully saturated rings. The van der Waals surface area contributed by atoms with E-state index in [1.54, 1.807) is 13.1 Å². The van der Waals surface area contributed by atoms with Crippen molar-refractivity contribution in [1.29, 1.82) is 0 Å². The molecule has 1 unspecified atom stereocenters. The molecule has 0 aromatic heterocycles. The molecule has 1 aromatic rings. The molecule has 0 spiro atoms. The Kier molecular flexibility index (Phi) is 3.98. The number of allylic oxidation sites excluding steroid dienone is 4. The van der Waals surface area contributed by atoms with E-state index < -0.39 is 11.5 Å².